The number of rotatable bonds is 1. The van der Waals surface area contributed by atoms with E-state index in [1.54, 1.807) is 0 Å². The summed E-state index contributed by atoms with van der Waals surface area (Å²) in [5.74, 6) is 3.79. The Kier molecular flexibility index (Phi) is 2.75. The van der Waals surface area contributed by atoms with Gasteiger partial charge in [-0.1, -0.05) is 5.92 Å². The summed E-state index contributed by atoms with van der Waals surface area (Å²) in [4.78, 5) is 18.7. The molecule has 3 heteroatoms. The van der Waals surface area contributed by atoms with Crippen molar-refractivity contribution < 1.29 is 4.79 Å². The number of aromatic amines is 1. The summed E-state index contributed by atoms with van der Waals surface area (Å²) in [7, 11) is 0. The Morgan fingerprint density at radius 1 is 1.35 bits per heavy atom. The summed E-state index contributed by atoms with van der Waals surface area (Å²) in [6, 6.07) is 0. The number of fused-ring (bicyclic) bond motifs is 4. The maximum Gasteiger partial charge on any atom is 0.169 e. The highest BCUT2D eigenvalue weighted by molar-refractivity contribution is 6.02. The molecular formula is C17H20N2O. The number of carbonyl (C=O) groups excluding carboxylic acids is 1. The van der Waals surface area contributed by atoms with Crippen molar-refractivity contribution in [1.82, 2.24) is 9.88 Å². The van der Waals surface area contributed by atoms with Gasteiger partial charge in [0.15, 0.2) is 5.78 Å². The normalized spacial score (nSPS) is 28.6. The number of aromatic nitrogens is 1. The van der Waals surface area contributed by atoms with Crippen LogP contribution in [0.3, 0.4) is 0 Å². The fourth-order valence-corrected chi connectivity index (χ4v) is 4.36. The van der Waals surface area contributed by atoms with Crippen molar-refractivity contribution in [2.45, 2.75) is 32.1 Å². The van der Waals surface area contributed by atoms with Crippen molar-refractivity contribution in [2.24, 2.45) is 11.8 Å². The van der Waals surface area contributed by atoms with Gasteiger partial charge in [-0.15, -0.1) is 6.42 Å². The second-order valence-electron chi connectivity index (χ2n) is 6.45. The van der Waals surface area contributed by atoms with E-state index < -0.39 is 0 Å². The van der Waals surface area contributed by atoms with Gasteiger partial charge in [-0.3, -0.25) is 9.69 Å². The van der Waals surface area contributed by atoms with E-state index in [2.05, 4.69) is 15.8 Å². The monoisotopic (exact) mass is 268 g/mol. The summed E-state index contributed by atoms with van der Waals surface area (Å²) in [6.45, 7) is 2.57. The maximum absolute atomic E-state index is 12.9. The molecule has 2 heterocycles. The second kappa shape index (κ2) is 4.49. The quantitative estimate of drug-likeness (QED) is 0.789. The Morgan fingerprint density at radius 2 is 2.25 bits per heavy atom. The number of nitrogens with one attached hydrogen (secondary N) is 1. The Hall–Kier alpha value is -1.53. The van der Waals surface area contributed by atoms with Crippen molar-refractivity contribution in [3.8, 4) is 12.3 Å². The minimum absolute atomic E-state index is 0.171. The van der Waals surface area contributed by atoms with E-state index in [9.17, 15) is 4.79 Å². The first-order valence-electron chi connectivity index (χ1n) is 7.70. The van der Waals surface area contributed by atoms with Crippen molar-refractivity contribution >= 4 is 5.78 Å². The lowest BCUT2D eigenvalue weighted by Crippen LogP contribution is -2.46. The van der Waals surface area contributed by atoms with E-state index in [1.807, 2.05) is 0 Å². The highest BCUT2D eigenvalue weighted by Crippen LogP contribution is 2.39. The van der Waals surface area contributed by atoms with Gasteiger partial charge in [0.25, 0.3) is 0 Å². The lowest BCUT2D eigenvalue weighted by molar-refractivity contribution is 0.0685. The standard InChI is InChI=1S/C17H20N2O/c1-2-7-19-8-6-11-9-15-16(17(20)13(11)10-19)12-4-3-5-14(12)18-15/h1,11,13,18H,3-10H2/t11-,13+/m0/s1. The SMILES string of the molecule is C#CCN1CC[C@H]2Cc3[nH]c4c(c3C(=O)[C@@H]2C1)CCC4. The molecule has 1 fully saturated rings. The molecule has 0 radical (unpaired) electrons. The van der Waals surface area contributed by atoms with Crippen LogP contribution in [0.2, 0.25) is 0 Å². The van der Waals surface area contributed by atoms with Crippen LogP contribution in [-0.2, 0) is 19.3 Å². The number of ketones is 1. The number of likely N-dealkylation sites (tertiary alicyclic amines) is 1. The number of aryl methyl sites for hydroxylation is 1. The molecule has 104 valence electrons. The van der Waals surface area contributed by atoms with Gasteiger partial charge in [-0.05, 0) is 50.1 Å². The van der Waals surface area contributed by atoms with Crippen LogP contribution in [0.4, 0.5) is 0 Å². The third-order valence-electron chi connectivity index (χ3n) is 5.33. The first-order valence-corrected chi connectivity index (χ1v) is 7.70. The van der Waals surface area contributed by atoms with Gasteiger partial charge >= 0.3 is 0 Å². The maximum atomic E-state index is 12.9. The fourth-order valence-electron chi connectivity index (χ4n) is 4.36. The molecule has 3 aliphatic rings. The Bertz CT molecular complexity index is 607. The lowest BCUT2D eigenvalue weighted by atomic mass is 9.72. The molecule has 1 aromatic rings. The molecule has 1 aromatic heterocycles. The molecule has 1 N–H and O–H groups in total. The second-order valence-corrected chi connectivity index (χ2v) is 6.45. The molecule has 1 aliphatic heterocycles. The van der Waals surface area contributed by atoms with E-state index in [-0.39, 0.29) is 5.92 Å². The first-order chi connectivity index (χ1) is 9.78. The summed E-state index contributed by atoms with van der Waals surface area (Å²) >= 11 is 0. The van der Waals surface area contributed by atoms with Crippen LogP contribution in [0.5, 0.6) is 0 Å². The van der Waals surface area contributed by atoms with Crippen LogP contribution in [0, 0.1) is 24.2 Å². The number of nitrogens with zero attached hydrogens (tertiary/aromatic N) is 1. The Morgan fingerprint density at radius 3 is 3.10 bits per heavy atom. The van der Waals surface area contributed by atoms with Crippen molar-refractivity contribution in [1.29, 1.82) is 0 Å². The summed E-state index contributed by atoms with van der Waals surface area (Å²) < 4.78 is 0. The van der Waals surface area contributed by atoms with Gasteiger partial charge in [-0.2, -0.15) is 0 Å². The van der Waals surface area contributed by atoms with E-state index in [1.165, 1.54) is 23.4 Å². The molecule has 0 unspecified atom stereocenters. The van der Waals surface area contributed by atoms with Gasteiger partial charge in [0.05, 0.1) is 6.54 Å². The van der Waals surface area contributed by atoms with Crippen LogP contribution in [0.15, 0.2) is 0 Å². The molecule has 0 saturated carbocycles. The molecule has 0 bridgehead atoms. The molecule has 20 heavy (non-hydrogen) atoms. The zero-order valence-corrected chi connectivity index (χ0v) is 11.7. The number of Topliss-reactive ketones (excluding diaryl/α,β-unsaturated/α-hetero) is 1. The number of hydrogen-bond donors (Lipinski definition) is 1. The zero-order valence-electron chi connectivity index (χ0n) is 11.7. The minimum Gasteiger partial charge on any atom is -0.361 e. The highest BCUT2D eigenvalue weighted by Gasteiger charge is 2.42. The van der Waals surface area contributed by atoms with Crippen molar-refractivity contribution in [2.75, 3.05) is 19.6 Å². The average molecular weight is 268 g/mol. The van der Waals surface area contributed by atoms with Gasteiger partial charge in [0, 0.05) is 29.4 Å². The third kappa shape index (κ3) is 1.68. The molecule has 0 aromatic carbocycles. The van der Waals surface area contributed by atoms with E-state index in [0.29, 0.717) is 18.2 Å². The predicted molar refractivity (Wildman–Crippen MR) is 77.7 cm³/mol. The van der Waals surface area contributed by atoms with E-state index >= 15 is 0 Å². The third-order valence-corrected chi connectivity index (χ3v) is 5.33. The number of hydrogen-bond acceptors (Lipinski definition) is 2. The number of piperidine rings is 1. The van der Waals surface area contributed by atoms with Gasteiger partial charge in [0.1, 0.15) is 0 Å². The van der Waals surface area contributed by atoms with E-state index in [0.717, 1.165) is 44.3 Å². The molecule has 4 rings (SSSR count). The largest absolute Gasteiger partial charge is 0.361 e. The molecule has 2 atom stereocenters. The summed E-state index contributed by atoms with van der Waals surface area (Å²) in [6.07, 6.45) is 11.0. The van der Waals surface area contributed by atoms with E-state index in [4.69, 9.17) is 6.42 Å². The van der Waals surface area contributed by atoms with Crippen LogP contribution >= 0.6 is 0 Å². The van der Waals surface area contributed by atoms with Crippen LogP contribution in [-0.4, -0.2) is 35.3 Å². The van der Waals surface area contributed by atoms with Crippen LogP contribution in [0.25, 0.3) is 0 Å². The topological polar surface area (TPSA) is 36.1 Å². The molecule has 3 nitrogen and oxygen atoms in total. The molecule has 1 saturated heterocycles. The fraction of sp³-hybridized carbons (Fsp3) is 0.588. The first kappa shape index (κ1) is 12.2. The Balaban J connectivity index is 1.67. The van der Waals surface area contributed by atoms with Gasteiger partial charge < -0.3 is 4.98 Å². The average Bonchev–Trinajstić information content (AvgIpc) is 3.00. The number of carbonyl (C=O) groups is 1. The lowest BCUT2D eigenvalue weighted by Gasteiger charge is -2.39. The van der Waals surface area contributed by atoms with Crippen LogP contribution in [0.1, 0.15) is 40.2 Å². The number of H-pyrrole nitrogens is 1. The molecule has 0 amide bonds. The molecule has 0 spiro atoms. The van der Waals surface area contributed by atoms with Gasteiger partial charge in [-0.25, -0.2) is 0 Å². The predicted octanol–water partition coefficient (Wildman–Crippen LogP) is 1.81. The smallest absolute Gasteiger partial charge is 0.169 e. The molecule has 2 aliphatic carbocycles. The Labute approximate surface area is 119 Å². The van der Waals surface area contributed by atoms with Crippen LogP contribution < -0.4 is 0 Å². The van der Waals surface area contributed by atoms with Gasteiger partial charge in [0.2, 0.25) is 0 Å². The van der Waals surface area contributed by atoms with Crippen molar-refractivity contribution in [3.05, 3.63) is 22.5 Å². The summed E-state index contributed by atoms with van der Waals surface area (Å²) in [5, 5.41) is 0. The minimum atomic E-state index is 0.171. The zero-order chi connectivity index (χ0) is 13.7. The molecular weight excluding hydrogens is 248 g/mol. The summed E-state index contributed by atoms with van der Waals surface area (Å²) in [5.41, 5.74) is 4.95. The van der Waals surface area contributed by atoms with Crippen molar-refractivity contribution in [3.63, 3.8) is 0 Å². The highest BCUT2D eigenvalue weighted by atomic mass is 16.1. The number of terminal acetylenes is 1.